The van der Waals surface area contributed by atoms with Gasteiger partial charge in [0.1, 0.15) is 0 Å². The van der Waals surface area contributed by atoms with Crippen molar-refractivity contribution in [3.63, 3.8) is 0 Å². The first-order chi connectivity index (χ1) is 11.4. The molecular weight excluding hydrogens is 344 g/mol. The van der Waals surface area contributed by atoms with Crippen LogP contribution >= 0.6 is 0 Å². The lowest BCUT2D eigenvalue weighted by atomic mass is 10.0. The standard InChI is InChI=1S/C19H30O2Si3/c1-16(24(4,5)21-23(2)3)22-20-19(17-12-8-6-9-13-17)18-14-10-7-11-15-18/h6-16,19,23H,22H2,1-5H3. The number of hydrogen-bond acceptors (Lipinski definition) is 2. The Balaban J connectivity index is 2.12. The molecule has 130 valence electrons. The fraction of sp³-hybridized carbons (Fsp3) is 0.368. The summed E-state index contributed by atoms with van der Waals surface area (Å²) in [5.74, 6) is 0. The predicted octanol–water partition coefficient (Wildman–Crippen LogP) is 4.43. The Labute approximate surface area is 152 Å². The molecule has 1 unspecified atom stereocenters. The van der Waals surface area contributed by atoms with Gasteiger partial charge in [-0.2, -0.15) is 0 Å². The quantitative estimate of drug-likeness (QED) is 0.636. The Bertz CT molecular complexity index is 563. The zero-order chi connectivity index (χ0) is 17.6. The van der Waals surface area contributed by atoms with E-state index in [4.69, 9.17) is 8.54 Å². The molecule has 0 heterocycles. The van der Waals surface area contributed by atoms with Crippen LogP contribution in [0.5, 0.6) is 0 Å². The smallest absolute Gasteiger partial charge is 0.175 e. The number of hydrogen-bond donors (Lipinski definition) is 0. The van der Waals surface area contributed by atoms with Gasteiger partial charge in [-0.25, -0.2) is 0 Å². The van der Waals surface area contributed by atoms with Crippen molar-refractivity contribution in [3.8, 4) is 0 Å². The largest absolute Gasteiger partial charge is 0.458 e. The van der Waals surface area contributed by atoms with Crippen molar-refractivity contribution in [2.24, 2.45) is 0 Å². The molecule has 5 heteroatoms. The highest BCUT2D eigenvalue weighted by molar-refractivity contribution is 6.84. The van der Waals surface area contributed by atoms with Gasteiger partial charge in [-0.15, -0.1) is 0 Å². The summed E-state index contributed by atoms with van der Waals surface area (Å²) in [6.45, 7) is 11.6. The molecule has 0 N–H and O–H groups in total. The molecule has 2 rings (SSSR count). The third-order valence-corrected chi connectivity index (χ3v) is 15.6. The van der Waals surface area contributed by atoms with Gasteiger partial charge in [-0.3, -0.25) is 0 Å². The molecule has 0 aliphatic carbocycles. The molecule has 0 radical (unpaired) electrons. The van der Waals surface area contributed by atoms with Crippen LogP contribution < -0.4 is 0 Å². The van der Waals surface area contributed by atoms with Gasteiger partial charge in [-0.1, -0.05) is 67.6 Å². The highest BCUT2D eigenvalue weighted by atomic mass is 28.4. The van der Waals surface area contributed by atoms with Crippen LogP contribution in [-0.4, -0.2) is 27.1 Å². The normalized spacial score (nSPS) is 14.0. The molecule has 0 aliphatic rings. The van der Waals surface area contributed by atoms with Crippen LogP contribution in [0.25, 0.3) is 0 Å². The van der Waals surface area contributed by atoms with Crippen molar-refractivity contribution >= 4 is 27.1 Å². The van der Waals surface area contributed by atoms with Gasteiger partial charge < -0.3 is 8.54 Å². The third kappa shape index (κ3) is 5.53. The summed E-state index contributed by atoms with van der Waals surface area (Å²) >= 11 is 0. The monoisotopic (exact) mass is 374 g/mol. The molecule has 0 amide bonds. The first-order valence-electron chi connectivity index (χ1n) is 8.79. The zero-order valence-corrected chi connectivity index (χ0v) is 19.1. The minimum atomic E-state index is -1.64. The van der Waals surface area contributed by atoms with E-state index in [1.807, 2.05) is 0 Å². The highest BCUT2D eigenvalue weighted by Crippen LogP contribution is 2.29. The Morgan fingerprint density at radius 3 is 1.75 bits per heavy atom. The molecule has 24 heavy (non-hydrogen) atoms. The molecule has 0 aromatic heterocycles. The molecule has 0 bridgehead atoms. The van der Waals surface area contributed by atoms with Crippen LogP contribution in [0, 0.1) is 0 Å². The average molecular weight is 375 g/mol. The van der Waals surface area contributed by atoms with Gasteiger partial charge in [0.25, 0.3) is 0 Å². The lowest BCUT2D eigenvalue weighted by Gasteiger charge is -2.32. The first-order valence-corrected chi connectivity index (χ1v) is 16.0. The van der Waals surface area contributed by atoms with E-state index in [9.17, 15) is 0 Å². The summed E-state index contributed by atoms with van der Waals surface area (Å²) in [7, 11) is -3.32. The fourth-order valence-electron chi connectivity index (χ4n) is 2.81. The maximum Gasteiger partial charge on any atom is 0.175 e. The molecule has 0 spiro atoms. The molecule has 2 aromatic carbocycles. The van der Waals surface area contributed by atoms with E-state index >= 15 is 0 Å². The molecule has 2 aromatic rings. The lowest BCUT2D eigenvalue weighted by molar-refractivity contribution is 0.258. The predicted molar refractivity (Wildman–Crippen MR) is 111 cm³/mol. The summed E-state index contributed by atoms with van der Waals surface area (Å²) in [5, 5.41) is 0.599. The van der Waals surface area contributed by atoms with E-state index in [2.05, 4.69) is 93.8 Å². The van der Waals surface area contributed by atoms with E-state index in [0.29, 0.717) is 5.16 Å². The SMILES string of the molecule is CC([SiH2]OC(c1ccccc1)c1ccccc1)[Si](C)(C)O[SiH](C)C. The van der Waals surface area contributed by atoms with Crippen LogP contribution in [0.4, 0.5) is 0 Å². The van der Waals surface area contributed by atoms with Gasteiger partial charge in [0.05, 0.1) is 6.10 Å². The van der Waals surface area contributed by atoms with Crippen LogP contribution in [0.3, 0.4) is 0 Å². The molecule has 0 aliphatic heterocycles. The summed E-state index contributed by atoms with van der Waals surface area (Å²) in [4.78, 5) is 0. The summed E-state index contributed by atoms with van der Waals surface area (Å²) in [5.41, 5.74) is 2.48. The maximum atomic E-state index is 6.55. The van der Waals surface area contributed by atoms with Crippen molar-refractivity contribution in [2.75, 3.05) is 0 Å². The Morgan fingerprint density at radius 2 is 1.33 bits per heavy atom. The van der Waals surface area contributed by atoms with Gasteiger partial charge in [-0.05, 0) is 42.5 Å². The van der Waals surface area contributed by atoms with E-state index in [1.165, 1.54) is 11.1 Å². The van der Waals surface area contributed by atoms with Crippen molar-refractivity contribution < 1.29 is 8.54 Å². The van der Waals surface area contributed by atoms with Crippen LogP contribution in [0.15, 0.2) is 60.7 Å². The average Bonchev–Trinajstić information content (AvgIpc) is 2.55. The number of rotatable bonds is 8. The van der Waals surface area contributed by atoms with Crippen molar-refractivity contribution in [1.29, 1.82) is 0 Å². The van der Waals surface area contributed by atoms with Crippen LogP contribution in [-0.2, 0) is 8.54 Å². The molecule has 2 nitrogen and oxygen atoms in total. The first kappa shape index (κ1) is 19.3. The molecule has 0 saturated carbocycles. The molecule has 1 atom stereocenters. The van der Waals surface area contributed by atoms with Gasteiger partial charge in [0.15, 0.2) is 27.1 Å². The maximum absolute atomic E-state index is 6.55. The highest BCUT2D eigenvalue weighted by Gasteiger charge is 2.32. The molecule has 0 fully saturated rings. The van der Waals surface area contributed by atoms with E-state index in [0.717, 1.165) is 0 Å². The van der Waals surface area contributed by atoms with E-state index in [1.54, 1.807) is 0 Å². The fourth-order valence-corrected chi connectivity index (χ4v) is 12.2. The third-order valence-electron chi connectivity index (χ3n) is 4.44. The van der Waals surface area contributed by atoms with Gasteiger partial charge >= 0.3 is 0 Å². The lowest BCUT2D eigenvalue weighted by Crippen LogP contribution is -2.42. The van der Waals surface area contributed by atoms with Crippen molar-refractivity contribution in [3.05, 3.63) is 71.8 Å². The van der Waals surface area contributed by atoms with Crippen LogP contribution in [0.2, 0.25) is 31.4 Å². The summed E-state index contributed by atoms with van der Waals surface area (Å²) in [6, 6.07) is 21.1. The van der Waals surface area contributed by atoms with Crippen molar-refractivity contribution in [1.82, 2.24) is 0 Å². The Kier molecular flexibility index (Phi) is 7.18. The van der Waals surface area contributed by atoms with E-state index in [-0.39, 0.29) is 6.10 Å². The van der Waals surface area contributed by atoms with Gasteiger partial charge in [0, 0.05) is 0 Å². The second kappa shape index (κ2) is 8.92. The minimum absolute atomic E-state index is 0.0441. The van der Waals surface area contributed by atoms with Crippen molar-refractivity contribution in [2.45, 2.75) is 44.4 Å². The molecule has 0 saturated heterocycles. The second-order valence-corrected chi connectivity index (χ2v) is 17.1. The zero-order valence-electron chi connectivity index (χ0n) is 15.5. The molecular formula is C19H30O2Si3. The topological polar surface area (TPSA) is 18.5 Å². The second-order valence-electron chi connectivity index (χ2n) is 7.21. The number of benzene rings is 2. The Morgan fingerprint density at radius 1 is 0.875 bits per heavy atom. The van der Waals surface area contributed by atoms with Crippen LogP contribution in [0.1, 0.15) is 24.2 Å². The summed E-state index contributed by atoms with van der Waals surface area (Å²) in [6.07, 6.45) is 0.0441. The summed E-state index contributed by atoms with van der Waals surface area (Å²) < 4.78 is 12.9. The van der Waals surface area contributed by atoms with Gasteiger partial charge in [0.2, 0.25) is 0 Å². The Hall–Kier alpha value is -0.989. The van der Waals surface area contributed by atoms with E-state index < -0.39 is 27.1 Å². The minimum Gasteiger partial charge on any atom is -0.458 e.